The molecule has 5 nitrogen and oxygen atoms in total. The fourth-order valence-electron chi connectivity index (χ4n) is 0. The minimum atomic E-state index is 0. The molecule has 6 heteroatoms. The number of methoxy groups -OCH3 is 1. The molecular weight excluding hydrogens is 314 g/mol. The van der Waals surface area contributed by atoms with Crippen LogP contribution in [0.1, 0.15) is 49.0 Å². The highest BCUT2D eigenvalue weighted by Crippen LogP contribution is 1.70. The molecule has 23 heavy (non-hydrogen) atoms. The zero-order valence-electron chi connectivity index (χ0n) is 17.0. The lowest BCUT2D eigenvalue weighted by molar-refractivity contribution is -0.115. The second-order valence-electron chi connectivity index (χ2n) is 4.88. The van der Waals surface area contributed by atoms with E-state index in [0.717, 1.165) is 0 Å². The summed E-state index contributed by atoms with van der Waals surface area (Å²) in [6.07, 6.45) is 4.08. The summed E-state index contributed by atoms with van der Waals surface area (Å²) in [6, 6.07) is 0. The van der Waals surface area contributed by atoms with E-state index in [1.165, 1.54) is 41.5 Å². The largest absolute Gasteiger partial charge is 0.388 e. The molecule has 0 bridgehead atoms. The summed E-state index contributed by atoms with van der Waals surface area (Å²) in [7, 11) is 9.25. The lowest BCUT2D eigenvalue weighted by Gasteiger charge is -1.90. The van der Waals surface area contributed by atoms with Gasteiger partial charge in [-0.15, -0.1) is 0 Å². The van der Waals surface area contributed by atoms with Crippen LogP contribution in [0.4, 0.5) is 0 Å². The van der Waals surface area contributed by atoms with Gasteiger partial charge < -0.3 is 24.0 Å². The summed E-state index contributed by atoms with van der Waals surface area (Å²) >= 11 is 1.75. The fourth-order valence-corrected chi connectivity index (χ4v) is 0. The predicted octanol–water partition coefficient (Wildman–Crippen LogP) is 3.84. The maximum absolute atomic E-state index is 9.44. The molecular formula is C17H43NO4S. The number of Topliss-reactive ketones (excluding diaryl/α,β-unsaturated/α-hetero) is 3. The standard InChI is InChI=1S/C3H9N.3C3H6O.C2H6O.C2H6S.CH4/c1-4(2)3;3*1-3(2)4;2*1-3-2;/h1-3H3;3*1-2H3;2*1-2H3;1H4. The van der Waals surface area contributed by atoms with Crippen molar-refractivity contribution in [3.63, 3.8) is 0 Å². The summed E-state index contributed by atoms with van der Waals surface area (Å²) in [4.78, 5) is 30.3. The summed E-state index contributed by atoms with van der Waals surface area (Å²) in [6.45, 7) is 9.17. The van der Waals surface area contributed by atoms with Crippen molar-refractivity contribution in [3.05, 3.63) is 0 Å². The molecule has 146 valence electrons. The van der Waals surface area contributed by atoms with E-state index in [4.69, 9.17) is 0 Å². The molecule has 0 saturated carbocycles. The number of ether oxygens (including phenoxy) is 1. The van der Waals surface area contributed by atoms with Crippen LogP contribution in [0.2, 0.25) is 0 Å². The van der Waals surface area contributed by atoms with Crippen molar-refractivity contribution in [2.75, 3.05) is 47.9 Å². The van der Waals surface area contributed by atoms with E-state index in [-0.39, 0.29) is 24.8 Å². The molecule has 0 aliphatic heterocycles. The maximum Gasteiger partial charge on any atom is 0.126 e. The first-order valence-electron chi connectivity index (χ1n) is 6.59. The minimum absolute atomic E-state index is 0. The van der Waals surface area contributed by atoms with E-state index in [1.807, 2.05) is 38.6 Å². The Balaban J connectivity index is -0.0000000266. The third-order valence-electron chi connectivity index (χ3n) is 0. The number of ketones is 3. The zero-order chi connectivity index (χ0) is 19.7. The number of carbonyl (C=O) groups is 3. The van der Waals surface area contributed by atoms with Crippen LogP contribution < -0.4 is 0 Å². The summed E-state index contributed by atoms with van der Waals surface area (Å²) in [5, 5.41) is 0. The molecule has 0 N–H and O–H groups in total. The molecule has 0 atom stereocenters. The van der Waals surface area contributed by atoms with Gasteiger partial charge >= 0.3 is 0 Å². The third kappa shape index (κ3) is 15300. The first-order chi connectivity index (χ1) is 9.76. The number of rotatable bonds is 0. The first kappa shape index (κ1) is 43.2. The van der Waals surface area contributed by atoms with Gasteiger partial charge in [0.1, 0.15) is 17.3 Å². The van der Waals surface area contributed by atoms with Crippen LogP contribution in [0.25, 0.3) is 0 Å². The average Bonchev–Trinajstić information content (AvgIpc) is 2.13. The van der Waals surface area contributed by atoms with Gasteiger partial charge in [-0.25, -0.2) is 0 Å². The van der Waals surface area contributed by atoms with Crippen LogP contribution in [-0.4, -0.2) is 70.1 Å². The molecule has 0 aromatic carbocycles. The van der Waals surface area contributed by atoms with E-state index < -0.39 is 0 Å². The highest BCUT2D eigenvalue weighted by Gasteiger charge is 1.63. The van der Waals surface area contributed by atoms with Gasteiger partial charge in [-0.1, -0.05) is 7.43 Å². The van der Waals surface area contributed by atoms with Crippen molar-refractivity contribution >= 4 is 29.1 Å². The topological polar surface area (TPSA) is 63.7 Å². The molecule has 0 aliphatic rings. The fraction of sp³-hybridized carbons (Fsp3) is 0.824. The Morgan fingerprint density at radius 2 is 0.696 bits per heavy atom. The van der Waals surface area contributed by atoms with Crippen LogP contribution in [0.15, 0.2) is 0 Å². The summed E-state index contributed by atoms with van der Waals surface area (Å²) < 4.78 is 4.25. The predicted molar refractivity (Wildman–Crippen MR) is 108 cm³/mol. The lowest BCUT2D eigenvalue weighted by Crippen LogP contribution is -1.99. The van der Waals surface area contributed by atoms with E-state index in [9.17, 15) is 14.4 Å². The Bertz CT molecular complexity index is 175. The molecule has 0 aromatic heterocycles. The minimum Gasteiger partial charge on any atom is -0.388 e. The smallest absolute Gasteiger partial charge is 0.126 e. The quantitative estimate of drug-likeness (QED) is 0.656. The Hall–Kier alpha value is -0.720. The Labute approximate surface area is 150 Å². The molecule has 0 amide bonds. The highest BCUT2D eigenvalue weighted by molar-refractivity contribution is 7.97. The second kappa shape index (κ2) is 49.6. The van der Waals surface area contributed by atoms with Gasteiger partial charge in [0.25, 0.3) is 0 Å². The molecule has 0 saturated heterocycles. The Morgan fingerprint density at radius 1 is 0.696 bits per heavy atom. The van der Waals surface area contributed by atoms with Crippen molar-refractivity contribution < 1.29 is 19.1 Å². The SMILES string of the molecule is C.CC(C)=O.CC(C)=O.CC(C)=O.CN(C)C.COC.CSC. The molecule has 0 rings (SSSR count). The number of carbonyl (C=O) groups excluding carboxylic acids is 3. The maximum atomic E-state index is 9.44. The van der Waals surface area contributed by atoms with Crippen LogP contribution in [0.5, 0.6) is 0 Å². The van der Waals surface area contributed by atoms with E-state index in [1.54, 1.807) is 26.0 Å². The van der Waals surface area contributed by atoms with Crippen LogP contribution in [0, 0.1) is 0 Å². The monoisotopic (exact) mass is 357 g/mol. The molecule has 0 spiro atoms. The molecule has 0 fully saturated rings. The van der Waals surface area contributed by atoms with Gasteiger partial charge in [0.05, 0.1) is 0 Å². The van der Waals surface area contributed by atoms with Gasteiger partial charge in [-0.05, 0) is 75.2 Å². The number of hydrogen-bond donors (Lipinski definition) is 0. The van der Waals surface area contributed by atoms with Crippen molar-refractivity contribution in [1.82, 2.24) is 4.90 Å². The second-order valence-corrected chi connectivity index (χ2v) is 5.70. The van der Waals surface area contributed by atoms with Crippen molar-refractivity contribution in [3.8, 4) is 0 Å². The molecule has 0 aliphatic carbocycles. The zero-order valence-corrected chi connectivity index (χ0v) is 17.8. The molecule has 0 heterocycles. The number of nitrogens with zero attached hydrogens (tertiary/aromatic N) is 1. The normalized spacial score (nSPS) is 6.52. The van der Waals surface area contributed by atoms with Gasteiger partial charge in [-0.2, -0.15) is 11.8 Å². The van der Waals surface area contributed by atoms with Gasteiger partial charge in [0.15, 0.2) is 0 Å². The van der Waals surface area contributed by atoms with Gasteiger partial charge in [-0.3, -0.25) is 0 Å². The first-order valence-corrected chi connectivity index (χ1v) is 8.22. The number of hydrogen-bond acceptors (Lipinski definition) is 6. The van der Waals surface area contributed by atoms with E-state index in [0.29, 0.717) is 0 Å². The van der Waals surface area contributed by atoms with Crippen molar-refractivity contribution in [2.24, 2.45) is 0 Å². The van der Waals surface area contributed by atoms with Gasteiger partial charge in [0, 0.05) is 14.2 Å². The molecule has 0 radical (unpaired) electrons. The highest BCUT2D eigenvalue weighted by atomic mass is 32.2. The lowest BCUT2D eigenvalue weighted by atomic mass is 10.6. The molecule has 0 unspecified atom stereocenters. The Morgan fingerprint density at radius 3 is 0.696 bits per heavy atom. The summed E-state index contributed by atoms with van der Waals surface area (Å²) in [5.41, 5.74) is 0. The third-order valence-corrected chi connectivity index (χ3v) is 0. The van der Waals surface area contributed by atoms with Crippen LogP contribution in [-0.2, 0) is 19.1 Å². The van der Waals surface area contributed by atoms with Gasteiger partial charge in [0.2, 0.25) is 0 Å². The van der Waals surface area contributed by atoms with Crippen LogP contribution in [0.3, 0.4) is 0 Å². The van der Waals surface area contributed by atoms with Crippen molar-refractivity contribution in [1.29, 1.82) is 0 Å². The molecule has 0 aromatic rings. The number of thioether (sulfide) groups is 1. The van der Waals surface area contributed by atoms with E-state index in [2.05, 4.69) is 4.74 Å². The van der Waals surface area contributed by atoms with Crippen LogP contribution >= 0.6 is 11.8 Å². The van der Waals surface area contributed by atoms with E-state index >= 15 is 0 Å². The van der Waals surface area contributed by atoms with Crippen molar-refractivity contribution in [2.45, 2.75) is 49.0 Å². The summed E-state index contributed by atoms with van der Waals surface area (Å²) in [5.74, 6) is 0.500. The average molecular weight is 358 g/mol. The Kier molecular flexibility index (Phi) is 93.2.